The molecule has 0 aliphatic carbocycles. The van der Waals surface area contributed by atoms with E-state index in [4.69, 9.17) is 17.3 Å². The summed E-state index contributed by atoms with van der Waals surface area (Å²) >= 11 is 5.98. The highest BCUT2D eigenvalue weighted by molar-refractivity contribution is 6.30. The standard InChI is InChI=1S/C23H19ClN4O/c1-15-14-22(28(27-15)21-12-10-20(11-13-21)26-23(25)29)18-4-2-16(3-5-18)17-6-8-19(24)9-7-17/h2-14H,1H3,(H3,25,26,29). The Morgan fingerprint density at radius 3 is 2.03 bits per heavy atom. The molecular weight excluding hydrogens is 384 g/mol. The summed E-state index contributed by atoms with van der Waals surface area (Å²) in [5, 5.41) is 7.91. The van der Waals surface area contributed by atoms with Crippen molar-refractivity contribution in [2.45, 2.75) is 6.92 Å². The summed E-state index contributed by atoms with van der Waals surface area (Å²) in [6, 6.07) is 25.0. The molecule has 4 rings (SSSR count). The number of aromatic nitrogens is 2. The van der Waals surface area contributed by atoms with Crippen molar-refractivity contribution in [2.75, 3.05) is 5.32 Å². The number of nitrogens with one attached hydrogen (secondary N) is 1. The van der Waals surface area contributed by atoms with Gasteiger partial charge in [-0.25, -0.2) is 9.48 Å². The minimum atomic E-state index is -0.589. The van der Waals surface area contributed by atoms with Crippen LogP contribution < -0.4 is 11.1 Å². The van der Waals surface area contributed by atoms with Crippen LogP contribution in [0.4, 0.5) is 10.5 Å². The van der Waals surface area contributed by atoms with Gasteiger partial charge in [-0.05, 0) is 60.5 Å². The fraction of sp³-hybridized carbons (Fsp3) is 0.0435. The van der Waals surface area contributed by atoms with Crippen molar-refractivity contribution < 1.29 is 4.79 Å². The van der Waals surface area contributed by atoms with Crippen LogP contribution in [0.25, 0.3) is 28.1 Å². The van der Waals surface area contributed by atoms with Gasteiger partial charge in [-0.2, -0.15) is 5.10 Å². The molecule has 0 aliphatic heterocycles. The van der Waals surface area contributed by atoms with Crippen LogP contribution in [-0.4, -0.2) is 15.8 Å². The van der Waals surface area contributed by atoms with Crippen LogP contribution in [0.5, 0.6) is 0 Å². The average molecular weight is 403 g/mol. The largest absolute Gasteiger partial charge is 0.351 e. The molecule has 0 saturated heterocycles. The minimum Gasteiger partial charge on any atom is -0.351 e. The number of benzene rings is 3. The molecule has 5 nitrogen and oxygen atoms in total. The van der Waals surface area contributed by atoms with Crippen molar-refractivity contribution in [1.82, 2.24) is 9.78 Å². The first-order chi connectivity index (χ1) is 14.0. The van der Waals surface area contributed by atoms with E-state index in [2.05, 4.69) is 34.7 Å². The Balaban J connectivity index is 1.66. The van der Waals surface area contributed by atoms with Gasteiger partial charge in [0.25, 0.3) is 0 Å². The summed E-state index contributed by atoms with van der Waals surface area (Å²) in [6.07, 6.45) is 0. The second-order valence-corrected chi connectivity index (χ2v) is 7.14. The summed E-state index contributed by atoms with van der Waals surface area (Å²) in [5.41, 5.74) is 11.9. The van der Waals surface area contributed by atoms with Crippen LogP contribution in [0.3, 0.4) is 0 Å². The monoisotopic (exact) mass is 402 g/mol. The SMILES string of the molecule is Cc1cc(-c2ccc(-c3ccc(Cl)cc3)cc2)n(-c2ccc(NC(N)=O)cc2)n1. The summed E-state index contributed by atoms with van der Waals surface area (Å²) < 4.78 is 1.89. The number of rotatable bonds is 4. The molecule has 0 unspecified atom stereocenters. The maximum atomic E-state index is 11.0. The smallest absolute Gasteiger partial charge is 0.316 e. The molecule has 0 spiro atoms. The second-order valence-electron chi connectivity index (χ2n) is 6.70. The number of anilines is 1. The number of nitrogens with zero attached hydrogens (tertiary/aromatic N) is 2. The topological polar surface area (TPSA) is 72.9 Å². The lowest BCUT2D eigenvalue weighted by molar-refractivity contribution is 0.259. The van der Waals surface area contributed by atoms with Crippen molar-refractivity contribution >= 4 is 23.3 Å². The van der Waals surface area contributed by atoms with Crippen molar-refractivity contribution in [2.24, 2.45) is 5.73 Å². The zero-order valence-electron chi connectivity index (χ0n) is 15.8. The molecule has 1 heterocycles. The van der Waals surface area contributed by atoms with Crippen LogP contribution in [-0.2, 0) is 0 Å². The highest BCUT2D eigenvalue weighted by atomic mass is 35.5. The molecule has 4 aromatic rings. The molecule has 1 aromatic heterocycles. The lowest BCUT2D eigenvalue weighted by Crippen LogP contribution is -2.19. The van der Waals surface area contributed by atoms with E-state index >= 15 is 0 Å². The summed E-state index contributed by atoms with van der Waals surface area (Å²) in [5.74, 6) is 0. The first-order valence-electron chi connectivity index (χ1n) is 9.09. The number of primary amides is 1. The highest BCUT2D eigenvalue weighted by Gasteiger charge is 2.11. The predicted octanol–water partition coefficient (Wildman–Crippen LogP) is 5.66. The van der Waals surface area contributed by atoms with Crippen LogP contribution in [0.15, 0.2) is 78.9 Å². The van der Waals surface area contributed by atoms with E-state index in [0.29, 0.717) is 5.69 Å². The van der Waals surface area contributed by atoms with Gasteiger partial charge in [0.1, 0.15) is 0 Å². The van der Waals surface area contributed by atoms with Crippen molar-refractivity contribution in [3.05, 3.63) is 89.6 Å². The number of nitrogens with two attached hydrogens (primary N) is 1. The van der Waals surface area contributed by atoms with Crippen LogP contribution in [0, 0.1) is 6.92 Å². The van der Waals surface area contributed by atoms with Crippen LogP contribution in [0.2, 0.25) is 5.02 Å². The van der Waals surface area contributed by atoms with Gasteiger partial charge in [0.2, 0.25) is 0 Å². The molecule has 0 radical (unpaired) electrons. The highest BCUT2D eigenvalue weighted by Crippen LogP contribution is 2.28. The first-order valence-corrected chi connectivity index (χ1v) is 9.47. The lowest BCUT2D eigenvalue weighted by atomic mass is 10.0. The van der Waals surface area contributed by atoms with E-state index in [9.17, 15) is 4.79 Å². The third-order valence-electron chi connectivity index (χ3n) is 4.57. The zero-order chi connectivity index (χ0) is 20.4. The summed E-state index contributed by atoms with van der Waals surface area (Å²) in [4.78, 5) is 11.0. The Morgan fingerprint density at radius 1 is 0.897 bits per heavy atom. The van der Waals surface area contributed by atoms with Gasteiger partial charge in [-0.15, -0.1) is 0 Å². The van der Waals surface area contributed by atoms with Gasteiger partial charge in [-0.3, -0.25) is 0 Å². The summed E-state index contributed by atoms with van der Waals surface area (Å²) in [7, 11) is 0. The third kappa shape index (κ3) is 4.15. The molecular formula is C23H19ClN4O. The molecule has 0 aliphatic rings. The van der Waals surface area contributed by atoms with Crippen molar-refractivity contribution in [1.29, 1.82) is 0 Å². The number of aryl methyl sites for hydroxylation is 1. The molecule has 0 atom stereocenters. The minimum absolute atomic E-state index is 0.589. The van der Waals surface area contributed by atoms with E-state index in [-0.39, 0.29) is 0 Å². The molecule has 0 saturated carbocycles. The second kappa shape index (κ2) is 7.81. The third-order valence-corrected chi connectivity index (χ3v) is 4.82. The Morgan fingerprint density at radius 2 is 1.45 bits per heavy atom. The van der Waals surface area contributed by atoms with E-state index in [1.54, 1.807) is 12.1 Å². The molecule has 3 aromatic carbocycles. The summed E-state index contributed by atoms with van der Waals surface area (Å²) in [6.45, 7) is 1.96. The normalized spacial score (nSPS) is 10.7. The van der Waals surface area contributed by atoms with Gasteiger partial charge < -0.3 is 11.1 Å². The Labute approximate surface area is 173 Å². The zero-order valence-corrected chi connectivity index (χ0v) is 16.5. The maximum Gasteiger partial charge on any atom is 0.316 e. The fourth-order valence-electron chi connectivity index (χ4n) is 3.21. The Hall–Kier alpha value is -3.57. The maximum absolute atomic E-state index is 11.0. The quantitative estimate of drug-likeness (QED) is 0.462. The fourth-order valence-corrected chi connectivity index (χ4v) is 3.33. The van der Waals surface area contributed by atoms with Gasteiger partial charge >= 0.3 is 6.03 Å². The van der Waals surface area contributed by atoms with Crippen LogP contribution in [0.1, 0.15) is 5.69 Å². The number of hydrogen-bond donors (Lipinski definition) is 2. The van der Waals surface area contributed by atoms with Crippen molar-refractivity contribution in [3.63, 3.8) is 0 Å². The predicted molar refractivity (Wildman–Crippen MR) is 117 cm³/mol. The molecule has 3 N–H and O–H groups in total. The number of amides is 2. The Bertz CT molecular complexity index is 1150. The van der Waals surface area contributed by atoms with E-state index in [0.717, 1.165) is 38.8 Å². The van der Waals surface area contributed by atoms with Gasteiger partial charge in [0, 0.05) is 16.3 Å². The number of halogens is 1. The first kappa shape index (κ1) is 18.8. The van der Waals surface area contributed by atoms with E-state index in [1.165, 1.54) is 0 Å². The number of carbonyl (C=O) groups excluding carboxylic acids is 1. The van der Waals surface area contributed by atoms with E-state index in [1.807, 2.05) is 54.1 Å². The molecule has 0 bridgehead atoms. The number of urea groups is 1. The molecule has 144 valence electrons. The molecule has 0 fully saturated rings. The molecule has 6 heteroatoms. The van der Waals surface area contributed by atoms with Gasteiger partial charge in [0.15, 0.2) is 0 Å². The van der Waals surface area contributed by atoms with Crippen molar-refractivity contribution in [3.8, 4) is 28.1 Å². The average Bonchev–Trinajstić information content (AvgIpc) is 3.10. The van der Waals surface area contributed by atoms with Crippen LogP contribution >= 0.6 is 11.6 Å². The molecule has 2 amide bonds. The number of hydrogen-bond acceptors (Lipinski definition) is 2. The number of carbonyl (C=O) groups is 1. The van der Waals surface area contributed by atoms with Gasteiger partial charge in [0.05, 0.1) is 17.1 Å². The molecule has 29 heavy (non-hydrogen) atoms. The lowest BCUT2D eigenvalue weighted by Gasteiger charge is -2.10. The van der Waals surface area contributed by atoms with Gasteiger partial charge in [-0.1, -0.05) is 48.0 Å². The Kier molecular flexibility index (Phi) is 5.06. The van der Waals surface area contributed by atoms with E-state index < -0.39 is 6.03 Å².